The molecular weight excluding hydrogens is 360 g/mol. The van der Waals surface area contributed by atoms with E-state index >= 15 is 0 Å². The highest BCUT2D eigenvalue weighted by molar-refractivity contribution is 7.17. The van der Waals surface area contributed by atoms with Crippen LogP contribution in [0.25, 0.3) is 9.81 Å². The molecule has 134 valence electrons. The van der Waals surface area contributed by atoms with E-state index in [9.17, 15) is 4.79 Å². The Hall–Kier alpha value is -3.16. The Balaban J connectivity index is 1.77. The SMILES string of the molecule is [C-]#[N+]C1CC1c1c(C)sc2nc(Cc3cc(C#N)ccc3OC)cc(=O)n12. The topological polar surface area (TPSA) is 71.8 Å². The Morgan fingerprint density at radius 1 is 1.48 bits per heavy atom. The second kappa shape index (κ2) is 6.53. The zero-order valence-electron chi connectivity index (χ0n) is 14.9. The highest BCUT2D eigenvalue weighted by Gasteiger charge is 2.48. The lowest BCUT2D eigenvalue weighted by molar-refractivity contribution is 0.410. The number of ether oxygens (including phenoxy) is 1. The molecule has 0 amide bonds. The number of fused-ring (bicyclic) bond motifs is 1. The smallest absolute Gasteiger partial charge is 0.258 e. The first-order valence-electron chi connectivity index (χ1n) is 8.51. The minimum absolute atomic E-state index is 0.0222. The maximum Gasteiger partial charge on any atom is 0.258 e. The molecule has 2 heterocycles. The zero-order valence-corrected chi connectivity index (χ0v) is 15.7. The summed E-state index contributed by atoms with van der Waals surface area (Å²) in [6.45, 7) is 9.19. The number of aromatic nitrogens is 2. The molecule has 0 bridgehead atoms. The van der Waals surface area contributed by atoms with Crippen molar-refractivity contribution in [2.24, 2.45) is 0 Å². The van der Waals surface area contributed by atoms with Crippen LogP contribution in [0.4, 0.5) is 0 Å². The van der Waals surface area contributed by atoms with E-state index in [2.05, 4.69) is 15.9 Å². The van der Waals surface area contributed by atoms with E-state index in [1.54, 1.807) is 29.7 Å². The standard InChI is InChI=1S/C20H16N4O2S/c1-11-19(15-9-16(15)22-2)24-18(25)8-14(23-20(24)27-11)7-13-6-12(10-21)4-5-17(13)26-3/h4-6,8,15-16H,7,9H2,1,3H3. The van der Waals surface area contributed by atoms with Crippen molar-refractivity contribution >= 4 is 16.3 Å². The minimum atomic E-state index is -0.125. The number of nitriles is 1. The second-order valence-corrected chi connectivity index (χ2v) is 7.78. The third-order valence-corrected chi connectivity index (χ3v) is 5.81. The molecule has 2 atom stereocenters. The summed E-state index contributed by atoms with van der Waals surface area (Å²) >= 11 is 1.48. The third-order valence-electron chi connectivity index (χ3n) is 4.84. The number of benzene rings is 1. The lowest BCUT2D eigenvalue weighted by atomic mass is 10.1. The first kappa shape index (κ1) is 17.3. The normalized spacial score (nSPS) is 18.1. The van der Waals surface area contributed by atoms with Crippen molar-refractivity contribution in [2.45, 2.75) is 31.7 Å². The maximum absolute atomic E-state index is 12.8. The van der Waals surface area contributed by atoms with E-state index in [0.717, 1.165) is 22.6 Å². The Morgan fingerprint density at radius 2 is 2.30 bits per heavy atom. The Bertz CT molecular complexity index is 1200. The molecule has 0 radical (unpaired) electrons. The first-order valence-corrected chi connectivity index (χ1v) is 9.33. The van der Waals surface area contributed by atoms with Crippen LogP contribution in [0.1, 0.15) is 39.7 Å². The minimum Gasteiger partial charge on any atom is -0.496 e. The number of hydrogen-bond donors (Lipinski definition) is 0. The number of rotatable bonds is 4. The van der Waals surface area contributed by atoms with Crippen LogP contribution in [0.2, 0.25) is 0 Å². The van der Waals surface area contributed by atoms with Crippen LogP contribution < -0.4 is 10.3 Å². The van der Waals surface area contributed by atoms with Crippen molar-refractivity contribution in [3.63, 3.8) is 0 Å². The summed E-state index contributed by atoms with van der Waals surface area (Å²) in [6, 6.07) is 8.85. The molecule has 6 nitrogen and oxygen atoms in total. The molecule has 0 aliphatic heterocycles. The van der Waals surface area contributed by atoms with Crippen LogP contribution >= 0.6 is 11.3 Å². The predicted octanol–water partition coefficient (Wildman–Crippen LogP) is 3.31. The lowest BCUT2D eigenvalue weighted by Gasteiger charge is -2.09. The first-order chi connectivity index (χ1) is 13.0. The molecule has 2 aromatic heterocycles. The molecule has 3 aromatic rings. The molecule has 1 aromatic carbocycles. The van der Waals surface area contributed by atoms with Crippen LogP contribution in [-0.2, 0) is 6.42 Å². The average Bonchev–Trinajstić information content (AvgIpc) is 3.36. The molecule has 2 unspecified atom stereocenters. The van der Waals surface area contributed by atoms with Crippen molar-refractivity contribution in [1.29, 1.82) is 5.26 Å². The number of aryl methyl sites for hydroxylation is 1. The number of nitrogens with zero attached hydrogens (tertiary/aromatic N) is 4. The van der Waals surface area contributed by atoms with Crippen molar-refractivity contribution in [3.8, 4) is 11.8 Å². The fourth-order valence-corrected chi connectivity index (χ4v) is 4.52. The van der Waals surface area contributed by atoms with Gasteiger partial charge in [0.15, 0.2) is 4.96 Å². The molecule has 0 N–H and O–H groups in total. The summed E-state index contributed by atoms with van der Waals surface area (Å²) < 4.78 is 7.03. The maximum atomic E-state index is 12.8. The third kappa shape index (κ3) is 2.97. The van der Waals surface area contributed by atoms with Crippen molar-refractivity contribution < 1.29 is 4.74 Å². The van der Waals surface area contributed by atoms with Gasteiger partial charge in [0.25, 0.3) is 5.56 Å². The summed E-state index contributed by atoms with van der Waals surface area (Å²) in [4.78, 5) is 22.8. The van der Waals surface area contributed by atoms with Gasteiger partial charge in [0.1, 0.15) is 5.75 Å². The number of thiazole rings is 1. The van der Waals surface area contributed by atoms with Crippen molar-refractivity contribution in [1.82, 2.24) is 9.38 Å². The van der Waals surface area contributed by atoms with E-state index < -0.39 is 0 Å². The van der Waals surface area contributed by atoms with E-state index in [-0.39, 0.29) is 17.5 Å². The van der Waals surface area contributed by atoms with E-state index in [0.29, 0.717) is 28.4 Å². The van der Waals surface area contributed by atoms with Gasteiger partial charge in [-0.15, -0.1) is 11.3 Å². The monoisotopic (exact) mass is 376 g/mol. The van der Waals surface area contributed by atoms with Gasteiger partial charge in [0.2, 0.25) is 6.04 Å². The van der Waals surface area contributed by atoms with Gasteiger partial charge in [-0.25, -0.2) is 11.6 Å². The molecular formula is C20H16N4O2S. The highest BCUT2D eigenvalue weighted by Crippen LogP contribution is 2.46. The van der Waals surface area contributed by atoms with Gasteiger partial charge in [-0.2, -0.15) is 5.26 Å². The predicted molar refractivity (Wildman–Crippen MR) is 102 cm³/mol. The molecule has 1 aliphatic rings. The van der Waals surface area contributed by atoms with Gasteiger partial charge in [0.05, 0.1) is 36.0 Å². The van der Waals surface area contributed by atoms with Crippen LogP contribution in [0.3, 0.4) is 0 Å². The summed E-state index contributed by atoms with van der Waals surface area (Å²) in [7, 11) is 1.58. The summed E-state index contributed by atoms with van der Waals surface area (Å²) in [5.74, 6) is 0.797. The fraction of sp³-hybridized carbons (Fsp3) is 0.300. The van der Waals surface area contributed by atoms with Gasteiger partial charge >= 0.3 is 0 Å². The van der Waals surface area contributed by atoms with Gasteiger partial charge < -0.3 is 9.58 Å². The zero-order chi connectivity index (χ0) is 19.1. The number of methoxy groups -OCH3 is 1. The van der Waals surface area contributed by atoms with Crippen LogP contribution in [0, 0.1) is 24.8 Å². The van der Waals surface area contributed by atoms with Crippen molar-refractivity contribution in [2.75, 3.05) is 7.11 Å². The summed E-state index contributed by atoms with van der Waals surface area (Å²) in [5, 5.41) is 9.13. The molecule has 7 heteroatoms. The molecule has 4 rings (SSSR count). The van der Waals surface area contributed by atoms with Crippen LogP contribution in [0.5, 0.6) is 5.75 Å². The van der Waals surface area contributed by atoms with Crippen LogP contribution in [0.15, 0.2) is 29.1 Å². The van der Waals surface area contributed by atoms with Gasteiger partial charge in [-0.1, -0.05) is 0 Å². The quantitative estimate of drug-likeness (QED) is 0.655. The Kier molecular flexibility index (Phi) is 4.18. The highest BCUT2D eigenvalue weighted by atomic mass is 32.1. The molecule has 0 spiro atoms. The molecule has 1 saturated carbocycles. The van der Waals surface area contributed by atoms with Gasteiger partial charge in [-0.05, 0) is 25.1 Å². The summed E-state index contributed by atoms with van der Waals surface area (Å²) in [6.07, 6.45) is 1.22. The Morgan fingerprint density at radius 3 is 2.96 bits per heavy atom. The van der Waals surface area contributed by atoms with Gasteiger partial charge in [0, 0.05) is 29.3 Å². The second-order valence-electron chi connectivity index (χ2n) is 6.60. The molecule has 0 saturated heterocycles. The largest absolute Gasteiger partial charge is 0.496 e. The average molecular weight is 376 g/mol. The molecule has 1 aliphatic carbocycles. The Labute approximate surface area is 160 Å². The molecule has 1 fully saturated rings. The van der Waals surface area contributed by atoms with Gasteiger partial charge in [-0.3, -0.25) is 9.20 Å². The number of hydrogen-bond acceptors (Lipinski definition) is 5. The molecule has 27 heavy (non-hydrogen) atoms. The summed E-state index contributed by atoms with van der Waals surface area (Å²) in [5.41, 5.74) is 2.80. The van der Waals surface area contributed by atoms with Crippen LogP contribution in [-0.4, -0.2) is 22.5 Å². The van der Waals surface area contributed by atoms with Crippen molar-refractivity contribution in [3.05, 3.63) is 73.4 Å². The van der Waals surface area contributed by atoms with E-state index in [1.807, 2.05) is 6.92 Å². The lowest BCUT2D eigenvalue weighted by Crippen LogP contribution is -2.17. The fourth-order valence-electron chi connectivity index (χ4n) is 3.46. The van der Waals surface area contributed by atoms with E-state index in [4.69, 9.17) is 16.6 Å². The van der Waals surface area contributed by atoms with E-state index in [1.165, 1.54) is 17.4 Å².